The average molecular weight is 315 g/mol. The van der Waals surface area contributed by atoms with Gasteiger partial charge in [0, 0.05) is 12.1 Å². The number of phenolic OH excluding ortho intramolecular Hbond substituents is 1. The minimum atomic E-state index is 0.326. The van der Waals surface area contributed by atoms with Gasteiger partial charge in [-0.3, -0.25) is 0 Å². The maximum absolute atomic E-state index is 9.76. The van der Waals surface area contributed by atoms with Crippen molar-refractivity contribution in [1.29, 1.82) is 0 Å². The van der Waals surface area contributed by atoms with Crippen molar-refractivity contribution in [3.63, 3.8) is 0 Å². The molecule has 0 aliphatic heterocycles. The van der Waals surface area contributed by atoms with Gasteiger partial charge in [-0.2, -0.15) is 0 Å². The molecule has 2 aromatic rings. The molecule has 0 unspecified atom stereocenters. The quantitative estimate of drug-likeness (QED) is 0.734. The van der Waals surface area contributed by atoms with Crippen LogP contribution in [0.2, 0.25) is 0 Å². The summed E-state index contributed by atoms with van der Waals surface area (Å²) in [6.45, 7) is 3.53. The summed E-state index contributed by atoms with van der Waals surface area (Å²) in [5, 5.41) is 13.1. The van der Waals surface area contributed by atoms with E-state index < -0.39 is 0 Å². The van der Waals surface area contributed by atoms with Crippen LogP contribution in [0.4, 0.5) is 0 Å². The van der Waals surface area contributed by atoms with Crippen molar-refractivity contribution in [3.8, 4) is 17.2 Å². The Morgan fingerprint density at radius 1 is 0.957 bits per heavy atom. The van der Waals surface area contributed by atoms with E-state index in [0.29, 0.717) is 12.3 Å². The largest absolute Gasteiger partial charge is 0.508 e. The third-order valence-electron chi connectivity index (χ3n) is 3.94. The third kappa shape index (κ3) is 4.39. The van der Waals surface area contributed by atoms with Crippen molar-refractivity contribution in [2.24, 2.45) is 0 Å². The Kier molecular flexibility index (Phi) is 6.29. The molecule has 0 spiro atoms. The van der Waals surface area contributed by atoms with Crippen molar-refractivity contribution in [1.82, 2.24) is 5.32 Å². The Morgan fingerprint density at radius 3 is 2.26 bits per heavy atom. The molecule has 0 heterocycles. The summed E-state index contributed by atoms with van der Waals surface area (Å²) < 4.78 is 11.0. The fourth-order valence-electron chi connectivity index (χ4n) is 2.60. The molecule has 0 saturated heterocycles. The van der Waals surface area contributed by atoms with Crippen molar-refractivity contribution in [3.05, 3.63) is 53.1 Å². The lowest BCUT2D eigenvalue weighted by atomic mass is 10.0. The zero-order valence-electron chi connectivity index (χ0n) is 14.1. The Labute approximate surface area is 138 Å². The molecule has 4 heteroatoms. The number of methoxy groups -OCH3 is 2. The van der Waals surface area contributed by atoms with Gasteiger partial charge in [0.05, 0.1) is 14.2 Å². The van der Waals surface area contributed by atoms with Gasteiger partial charge in [0.25, 0.3) is 0 Å². The first-order valence-corrected chi connectivity index (χ1v) is 7.91. The number of benzene rings is 2. The molecule has 0 aromatic heterocycles. The summed E-state index contributed by atoms with van der Waals surface area (Å²) in [5.41, 5.74) is 3.17. The molecule has 0 amide bonds. The highest BCUT2D eigenvalue weighted by molar-refractivity contribution is 5.46. The summed E-state index contributed by atoms with van der Waals surface area (Å²) in [7, 11) is 3.39. The Morgan fingerprint density at radius 2 is 1.61 bits per heavy atom. The van der Waals surface area contributed by atoms with E-state index in [2.05, 4.69) is 24.4 Å². The van der Waals surface area contributed by atoms with Crippen molar-refractivity contribution in [2.45, 2.75) is 26.3 Å². The molecule has 0 atom stereocenters. The second-order valence-electron chi connectivity index (χ2n) is 5.38. The summed E-state index contributed by atoms with van der Waals surface area (Å²) in [6, 6.07) is 11.5. The first-order chi connectivity index (χ1) is 11.2. The molecule has 0 fully saturated rings. The van der Waals surface area contributed by atoms with E-state index in [0.717, 1.165) is 47.6 Å². The molecule has 0 saturated carbocycles. The zero-order valence-corrected chi connectivity index (χ0v) is 14.1. The monoisotopic (exact) mass is 315 g/mol. The molecule has 0 aliphatic carbocycles. The van der Waals surface area contributed by atoms with Gasteiger partial charge in [-0.1, -0.05) is 25.1 Å². The van der Waals surface area contributed by atoms with Crippen LogP contribution in [0.5, 0.6) is 17.2 Å². The standard InChI is InChI=1S/C19H25NO3/c1-4-14-11-19(23-3)15(12-18(14)22-2)9-10-20-13-16-7-5-6-8-17(16)21/h5-8,11-12,20-21H,4,9-10,13H2,1-3H3. The smallest absolute Gasteiger partial charge is 0.122 e. The molecule has 23 heavy (non-hydrogen) atoms. The van der Waals surface area contributed by atoms with E-state index in [1.807, 2.05) is 18.2 Å². The number of aromatic hydroxyl groups is 1. The highest BCUT2D eigenvalue weighted by atomic mass is 16.5. The molecule has 2 aromatic carbocycles. The lowest BCUT2D eigenvalue weighted by molar-refractivity contribution is 0.394. The summed E-state index contributed by atoms with van der Waals surface area (Å²) in [6.07, 6.45) is 1.74. The third-order valence-corrected chi connectivity index (χ3v) is 3.94. The molecule has 0 aliphatic rings. The molecule has 2 rings (SSSR count). The molecule has 124 valence electrons. The van der Waals surface area contributed by atoms with Crippen LogP contribution in [0.1, 0.15) is 23.6 Å². The van der Waals surface area contributed by atoms with Crippen LogP contribution in [-0.4, -0.2) is 25.9 Å². The first-order valence-electron chi connectivity index (χ1n) is 7.91. The van der Waals surface area contributed by atoms with Crippen LogP contribution < -0.4 is 14.8 Å². The Balaban J connectivity index is 1.98. The van der Waals surface area contributed by atoms with Crippen molar-refractivity contribution >= 4 is 0 Å². The van der Waals surface area contributed by atoms with E-state index in [-0.39, 0.29) is 0 Å². The van der Waals surface area contributed by atoms with Gasteiger partial charge in [0.2, 0.25) is 0 Å². The average Bonchev–Trinajstić information content (AvgIpc) is 2.59. The van der Waals surface area contributed by atoms with Crippen LogP contribution >= 0.6 is 0 Å². The lowest BCUT2D eigenvalue weighted by Gasteiger charge is -2.14. The predicted octanol–water partition coefficient (Wildman–Crippen LogP) is 3.30. The molecule has 2 N–H and O–H groups in total. The Hall–Kier alpha value is -2.20. The topological polar surface area (TPSA) is 50.7 Å². The summed E-state index contributed by atoms with van der Waals surface area (Å²) in [4.78, 5) is 0. The number of phenols is 1. The lowest BCUT2D eigenvalue weighted by Crippen LogP contribution is -2.17. The van der Waals surface area contributed by atoms with Crippen LogP contribution in [0, 0.1) is 0 Å². The fourth-order valence-corrected chi connectivity index (χ4v) is 2.60. The van der Waals surface area contributed by atoms with Gasteiger partial charge in [-0.25, -0.2) is 0 Å². The maximum atomic E-state index is 9.76. The minimum Gasteiger partial charge on any atom is -0.508 e. The van der Waals surface area contributed by atoms with Gasteiger partial charge in [-0.15, -0.1) is 0 Å². The van der Waals surface area contributed by atoms with Crippen LogP contribution in [0.3, 0.4) is 0 Å². The molecule has 0 bridgehead atoms. The number of para-hydroxylation sites is 1. The molecule has 0 radical (unpaired) electrons. The van der Waals surface area contributed by atoms with Gasteiger partial charge < -0.3 is 19.9 Å². The zero-order chi connectivity index (χ0) is 16.7. The van der Waals surface area contributed by atoms with Crippen LogP contribution in [0.25, 0.3) is 0 Å². The predicted molar refractivity (Wildman–Crippen MR) is 92.4 cm³/mol. The highest BCUT2D eigenvalue weighted by Gasteiger charge is 2.10. The second kappa shape index (κ2) is 8.44. The Bertz CT molecular complexity index is 641. The van der Waals surface area contributed by atoms with Gasteiger partial charge in [0.15, 0.2) is 0 Å². The number of hydrogen-bond donors (Lipinski definition) is 2. The van der Waals surface area contributed by atoms with E-state index >= 15 is 0 Å². The van der Waals surface area contributed by atoms with Crippen molar-refractivity contribution in [2.75, 3.05) is 20.8 Å². The SMILES string of the molecule is CCc1cc(OC)c(CCNCc2ccccc2O)cc1OC. The first kappa shape index (κ1) is 17.2. The number of ether oxygens (including phenoxy) is 2. The van der Waals surface area contributed by atoms with E-state index in [4.69, 9.17) is 9.47 Å². The number of hydrogen-bond acceptors (Lipinski definition) is 4. The van der Waals surface area contributed by atoms with Crippen LogP contribution in [0.15, 0.2) is 36.4 Å². The van der Waals surface area contributed by atoms with E-state index in [9.17, 15) is 5.11 Å². The van der Waals surface area contributed by atoms with Crippen molar-refractivity contribution < 1.29 is 14.6 Å². The minimum absolute atomic E-state index is 0.326. The second-order valence-corrected chi connectivity index (χ2v) is 5.38. The molecular formula is C19H25NO3. The van der Waals surface area contributed by atoms with E-state index in [1.54, 1.807) is 20.3 Å². The number of nitrogens with one attached hydrogen (secondary N) is 1. The highest BCUT2D eigenvalue weighted by Crippen LogP contribution is 2.29. The number of rotatable bonds is 8. The van der Waals surface area contributed by atoms with Crippen LogP contribution in [-0.2, 0) is 19.4 Å². The number of aryl methyl sites for hydroxylation is 1. The maximum Gasteiger partial charge on any atom is 0.122 e. The molecule has 4 nitrogen and oxygen atoms in total. The fraction of sp³-hybridized carbons (Fsp3) is 0.368. The summed E-state index contributed by atoms with van der Waals surface area (Å²) >= 11 is 0. The van der Waals surface area contributed by atoms with Gasteiger partial charge in [0.1, 0.15) is 17.2 Å². The molecular weight excluding hydrogens is 290 g/mol. The van der Waals surface area contributed by atoms with E-state index in [1.165, 1.54) is 0 Å². The summed E-state index contributed by atoms with van der Waals surface area (Å²) in [5.74, 6) is 2.13. The van der Waals surface area contributed by atoms with Gasteiger partial charge in [-0.05, 0) is 48.7 Å². The normalized spacial score (nSPS) is 10.6. The van der Waals surface area contributed by atoms with Gasteiger partial charge >= 0.3 is 0 Å².